The molecule has 0 amide bonds. The Bertz CT molecular complexity index is 1550. The fraction of sp³-hybridized carbons (Fsp3) is 0.320. The van der Waals surface area contributed by atoms with Gasteiger partial charge < -0.3 is 18.8 Å². The van der Waals surface area contributed by atoms with Crippen molar-refractivity contribution < 1.29 is 18.7 Å². The number of rotatable bonds is 6. The number of thiazole rings is 1. The number of esters is 1. The number of carbonyl (C=O) groups is 1. The van der Waals surface area contributed by atoms with Crippen molar-refractivity contribution in [2.24, 2.45) is 4.99 Å². The number of nitrogens with zero attached hydrogens (tertiary/aromatic N) is 3. The Morgan fingerprint density at radius 3 is 2.61 bits per heavy atom. The highest BCUT2D eigenvalue weighted by molar-refractivity contribution is 9.10. The molecule has 1 atom stereocenters. The fourth-order valence-electron chi connectivity index (χ4n) is 3.96. The minimum Gasteiger partial charge on any atom is -0.496 e. The summed E-state index contributed by atoms with van der Waals surface area (Å²) in [5.41, 5.74) is 1.11. The first-order chi connectivity index (χ1) is 17.0. The number of carbonyl (C=O) groups excluding carboxylic acids is 1. The number of ether oxygens (including phenoxy) is 2. The lowest BCUT2D eigenvalue weighted by atomic mass is 9.95. The SMILES string of the molecule is COc1ccc(Br)cc1[C@@H]1C(C(=O)OC(C)C)=C(C)N=c2s/c(=C\c3cc(Br)c(N(C)C)o3)c(=O)n21. The second kappa shape index (κ2) is 10.4. The average molecular weight is 639 g/mol. The molecule has 1 aromatic carbocycles. The van der Waals surface area contributed by atoms with Crippen LogP contribution in [0.2, 0.25) is 0 Å². The molecule has 1 aliphatic heterocycles. The molecule has 0 unspecified atom stereocenters. The number of aromatic nitrogens is 1. The van der Waals surface area contributed by atoms with E-state index >= 15 is 0 Å². The van der Waals surface area contributed by atoms with Gasteiger partial charge in [0.2, 0.25) is 5.88 Å². The van der Waals surface area contributed by atoms with Crippen LogP contribution in [-0.4, -0.2) is 37.8 Å². The van der Waals surface area contributed by atoms with E-state index in [1.54, 1.807) is 46.1 Å². The van der Waals surface area contributed by atoms with Gasteiger partial charge in [-0.15, -0.1) is 0 Å². The molecule has 0 bridgehead atoms. The molecule has 0 saturated carbocycles. The van der Waals surface area contributed by atoms with Crippen molar-refractivity contribution in [2.75, 3.05) is 26.1 Å². The van der Waals surface area contributed by atoms with Gasteiger partial charge in [0.15, 0.2) is 4.80 Å². The largest absolute Gasteiger partial charge is 0.496 e. The van der Waals surface area contributed by atoms with Gasteiger partial charge in [-0.3, -0.25) is 9.36 Å². The fourth-order valence-corrected chi connectivity index (χ4v) is 6.02. The Balaban J connectivity index is 1.98. The molecule has 0 N–H and O–H groups in total. The van der Waals surface area contributed by atoms with Gasteiger partial charge in [-0.05, 0) is 54.9 Å². The highest BCUT2D eigenvalue weighted by Gasteiger charge is 2.35. The zero-order chi connectivity index (χ0) is 26.3. The van der Waals surface area contributed by atoms with Gasteiger partial charge in [0.05, 0.1) is 33.5 Å². The van der Waals surface area contributed by atoms with E-state index in [1.807, 2.05) is 31.1 Å². The predicted octanol–water partition coefficient (Wildman–Crippen LogP) is 4.38. The molecule has 0 radical (unpaired) electrons. The first-order valence-corrected chi connectivity index (χ1v) is 13.5. The lowest BCUT2D eigenvalue weighted by molar-refractivity contribution is -0.143. The zero-order valence-corrected chi connectivity index (χ0v) is 24.6. The van der Waals surface area contributed by atoms with E-state index in [4.69, 9.17) is 13.9 Å². The highest BCUT2D eigenvalue weighted by Crippen LogP contribution is 2.37. The van der Waals surface area contributed by atoms with Gasteiger partial charge >= 0.3 is 5.97 Å². The third kappa shape index (κ3) is 4.96. The van der Waals surface area contributed by atoms with Crippen molar-refractivity contribution in [2.45, 2.75) is 32.9 Å². The maximum Gasteiger partial charge on any atom is 0.338 e. The minimum absolute atomic E-state index is 0.287. The van der Waals surface area contributed by atoms with Crippen molar-refractivity contribution in [1.29, 1.82) is 0 Å². The standard InChI is InChI=1S/C25H25Br2N3O5S/c1-12(2)34-24(32)20-13(3)28-25-30(21(20)16-9-14(26)7-8-18(16)33-6)22(31)19(36-25)11-15-10-17(27)23(35-15)29(4)5/h7-12,21H,1-6H3/b19-11-/t21-/m1/s1. The third-order valence-corrected chi connectivity index (χ3v) is 7.48. The number of methoxy groups -OCH3 is 1. The maximum absolute atomic E-state index is 13.8. The van der Waals surface area contributed by atoms with Crippen molar-refractivity contribution in [3.8, 4) is 5.75 Å². The number of hydrogen-bond donors (Lipinski definition) is 0. The summed E-state index contributed by atoms with van der Waals surface area (Å²) in [5.74, 6) is 1.16. The first kappa shape index (κ1) is 26.4. The third-order valence-electron chi connectivity index (χ3n) is 5.44. The molecule has 0 saturated heterocycles. The molecule has 190 valence electrons. The summed E-state index contributed by atoms with van der Waals surface area (Å²) in [4.78, 5) is 34.0. The van der Waals surface area contributed by atoms with Gasteiger partial charge in [0.1, 0.15) is 17.6 Å². The number of allylic oxidation sites excluding steroid dienone is 1. The molecule has 3 heterocycles. The van der Waals surface area contributed by atoms with Crippen LogP contribution in [0.25, 0.3) is 6.08 Å². The summed E-state index contributed by atoms with van der Waals surface area (Å²) >= 11 is 8.23. The van der Waals surface area contributed by atoms with Crippen molar-refractivity contribution in [1.82, 2.24) is 4.57 Å². The molecule has 8 nitrogen and oxygen atoms in total. The van der Waals surface area contributed by atoms with E-state index < -0.39 is 12.0 Å². The Morgan fingerprint density at radius 1 is 1.28 bits per heavy atom. The van der Waals surface area contributed by atoms with Crippen molar-refractivity contribution in [3.05, 3.63) is 75.5 Å². The van der Waals surface area contributed by atoms with Crippen LogP contribution in [0.5, 0.6) is 5.75 Å². The molecule has 0 fully saturated rings. The highest BCUT2D eigenvalue weighted by atomic mass is 79.9. The van der Waals surface area contributed by atoms with E-state index in [0.717, 1.165) is 8.95 Å². The number of benzene rings is 1. The van der Waals surface area contributed by atoms with Crippen LogP contribution in [0, 0.1) is 0 Å². The normalized spacial score (nSPS) is 15.7. The second-order valence-corrected chi connectivity index (χ2v) is 11.4. The summed E-state index contributed by atoms with van der Waals surface area (Å²) < 4.78 is 20.6. The molecule has 1 aliphatic rings. The second-order valence-electron chi connectivity index (χ2n) is 8.62. The molecule has 0 aliphatic carbocycles. The van der Waals surface area contributed by atoms with E-state index in [-0.39, 0.29) is 17.2 Å². The van der Waals surface area contributed by atoms with Crippen LogP contribution < -0.4 is 24.5 Å². The van der Waals surface area contributed by atoms with Crippen molar-refractivity contribution in [3.63, 3.8) is 0 Å². The molecule has 11 heteroatoms. The first-order valence-electron chi connectivity index (χ1n) is 11.1. The van der Waals surface area contributed by atoms with Crippen LogP contribution in [-0.2, 0) is 9.53 Å². The van der Waals surface area contributed by atoms with Gasteiger partial charge in [-0.1, -0.05) is 27.3 Å². The number of hydrogen-bond acceptors (Lipinski definition) is 8. The van der Waals surface area contributed by atoms with Crippen molar-refractivity contribution >= 4 is 61.1 Å². The van der Waals surface area contributed by atoms with E-state index in [0.29, 0.717) is 38.0 Å². The van der Waals surface area contributed by atoms with Crippen LogP contribution in [0.1, 0.15) is 38.1 Å². The summed E-state index contributed by atoms with van der Waals surface area (Å²) in [5, 5.41) is 0. The van der Waals surface area contributed by atoms with E-state index in [9.17, 15) is 9.59 Å². The lowest BCUT2D eigenvalue weighted by Gasteiger charge is -2.26. The monoisotopic (exact) mass is 637 g/mol. The Hall–Kier alpha value is -2.63. The molecule has 2 aromatic heterocycles. The zero-order valence-electron chi connectivity index (χ0n) is 20.6. The van der Waals surface area contributed by atoms with Crippen LogP contribution in [0.3, 0.4) is 0 Å². The van der Waals surface area contributed by atoms with E-state index in [2.05, 4.69) is 36.9 Å². The van der Waals surface area contributed by atoms with Crippen LogP contribution in [0.15, 0.2) is 58.7 Å². The minimum atomic E-state index is -0.789. The molecule has 36 heavy (non-hydrogen) atoms. The van der Waals surface area contributed by atoms with Gasteiger partial charge in [0.25, 0.3) is 5.56 Å². The van der Waals surface area contributed by atoms with Gasteiger partial charge in [-0.25, -0.2) is 9.79 Å². The summed E-state index contributed by atoms with van der Waals surface area (Å²) in [6, 6.07) is 6.49. The number of furan rings is 1. The quantitative estimate of drug-likeness (QED) is 0.373. The van der Waals surface area contributed by atoms with Crippen LogP contribution in [0.4, 0.5) is 5.88 Å². The van der Waals surface area contributed by atoms with Crippen LogP contribution >= 0.6 is 43.2 Å². The summed E-state index contributed by atoms with van der Waals surface area (Å²) in [6.45, 7) is 5.31. The molecular weight excluding hydrogens is 614 g/mol. The number of anilines is 1. The summed E-state index contributed by atoms with van der Waals surface area (Å²) in [6.07, 6.45) is 1.35. The average Bonchev–Trinajstić information content (AvgIpc) is 3.31. The number of fused-ring (bicyclic) bond motifs is 1. The topological polar surface area (TPSA) is 86.3 Å². The molecular formula is C25H25Br2N3O5S. The molecule has 0 spiro atoms. The summed E-state index contributed by atoms with van der Waals surface area (Å²) in [7, 11) is 5.29. The maximum atomic E-state index is 13.8. The molecule has 3 aromatic rings. The smallest absolute Gasteiger partial charge is 0.338 e. The molecule has 4 rings (SSSR count). The number of halogens is 2. The Kier molecular flexibility index (Phi) is 7.63. The van der Waals surface area contributed by atoms with Gasteiger partial charge in [0, 0.05) is 36.3 Å². The lowest BCUT2D eigenvalue weighted by Crippen LogP contribution is -2.40. The Morgan fingerprint density at radius 2 is 2.00 bits per heavy atom. The van der Waals surface area contributed by atoms with Gasteiger partial charge in [-0.2, -0.15) is 0 Å². The predicted molar refractivity (Wildman–Crippen MR) is 146 cm³/mol. The Labute approximate surface area is 228 Å². The van der Waals surface area contributed by atoms with E-state index in [1.165, 1.54) is 15.9 Å².